The quantitative estimate of drug-likeness (QED) is 0.863. The fourth-order valence-electron chi connectivity index (χ4n) is 1.58. The van der Waals surface area contributed by atoms with E-state index in [0.29, 0.717) is 18.0 Å². The summed E-state index contributed by atoms with van der Waals surface area (Å²) >= 11 is 0. The van der Waals surface area contributed by atoms with Gasteiger partial charge in [0.05, 0.1) is 12.3 Å². The molecule has 0 amide bonds. The van der Waals surface area contributed by atoms with Gasteiger partial charge in [-0.15, -0.1) is 0 Å². The maximum atomic E-state index is 12.0. The number of rotatable bonds is 3. The summed E-state index contributed by atoms with van der Waals surface area (Å²) in [6.07, 6.45) is -2.65. The van der Waals surface area contributed by atoms with Crippen molar-refractivity contribution < 1.29 is 13.5 Å². The number of benzene rings is 1. The number of hydrogen-bond donors (Lipinski definition) is 1. The van der Waals surface area contributed by atoms with Crippen LogP contribution in [0.15, 0.2) is 30.3 Å². The summed E-state index contributed by atoms with van der Waals surface area (Å²) in [4.78, 5) is 0. The molecule has 5 heteroatoms. The second kappa shape index (κ2) is 6.01. The number of halogens is 2. The van der Waals surface area contributed by atoms with Crippen LogP contribution < -0.4 is 4.74 Å². The zero-order chi connectivity index (χ0) is 13.7. The Bertz CT molecular complexity index is 611. The summed E-state index contributed by atoms with van der Waals surface area (Å²) in [6, 6.07) is 9.02. The van der Waals surface area contributed by atoms with Crippen LogP contribution in [0.3, 0.4) is 0 Å². The van der Waals surface area contributed by atoms with Crippen LogP contribution in [-0.2, 0) is 0 Å². The van der Waals surface area contributed by atoms with E-state index in [1.54, 1.807) is 12.0 Å². The molecule has 1 aromatic carbocycles. The normalized spacial score (nSPS) is 10.1. The summed E-state index contributed by atoms with van der Waals surface area (Å²) in [5.41, 5.74) is 1.84. The molecule has 0 spiro atoms. The van der Waals surface area contributed by atoms with Gasteiger partial charge in [0.25, 0.3) is 6.43 Å². The van der Waals surface area contributed by atoms with Gasteiger partial charge in [-0.1, -0.05) is 12.1 Å². The molecule has 0 aliphatic carbocycles. The molecular formula is C14H12F2N2O. The number of nitrogens with one attached hydrogen (secondary N) is 1. The largest absolute Gasteiger partial charge is 0.494 e. The van der Waals surface area contributed by atoms with Crippen molar-refractivity contribution in [2.75, 3.05) is 6.61 Å². The molecule has 2 aromatic rings. The standard InChI is InChI=1S/C14H12F2N2O/c1-2-19-12-5-3-4-10(8-12)13-9-11(17-18-13)6-7-14(15)16/h3-5,8-9,14H,2H2,1H3,(H,17,18). The van der Waals surface area contributed by atoms with Gasteiger partial charge in [-0.05, 0) is 37.0 Å². The Morgan fingerprint density at radius 2 is 2.21 bits per heavy atom. The van der Waals surface area contributed by atoms with Crippen molar-refractivity contribution in [3.63, 3.8) is 0 Å². The van der Waals surface area contributed by atoms with E-state index in [4.69, 9.17) is 4.74 Å². The van der Waals surface area contributed by atoms with Gasteiger partial charge in [0.15, 0.2) is 0 Å². The highest BCUT2D eigenvalue weighted by molar-refractivity contribution is 5.62. The molecule has 0 saturated carbocycles. The molecule has 0 atom stereocenters. The van der Waals surface area contributed by atoms with E-state index in [-0.39, 0.29) is 0 Å². The van der Waals surface area contributed by atoms with Gasteiger partial charge in [0.1, 0.15) is 11.4 Å². The molecule has 0 radical (unpaired) electrons. The monoisotopic (exact) mass is 262 g/mol. The Kier molecular flexibility index (Phi) is 4.14. The van der Waals surface area contributed by atoms with E-state index < -0.39 is 6.43 Å². The van der Waals surface area contributed by atoms with Gasteiger partial charge in [-0.2, -0.15) is 13.9 Å². The Balaban J connectivity index is 2.23. The summed E-state index contributed by atoms with van der Waals surface area (Å²) in [5.74, 6) is 4.84. The maximum absolute atomic E-state index is 12.0. The molecule has 2 rings (SSSR count). The molecule has 0 unspecified atom stereocenters. The van der Waals surface area contributed by atoms with E-state index in [1.165, 1.54) is 0 Å². The molecule has 98 valence electrons. The number of hydrogen-bond acceptors (Lipinski definition) is 2. The summed E-state index contributed by atoms with van der Waals surface area (Å²) in [6.45, 7) is 2.48. The molecular weight excluding hydrogens is 250 g/mol. The lowest BCUT2D eigenvalue weighted by Gasteiger charge is -2.03. The Labute approximate surface area is 109 Å². The third-order valence-corrected chi connectivity index (χ3v) is 2.33. The molecule has 0 fully saturated rings. The van der Waals surface area contributed by atoms with E-state index in [9.17, 15) is 8.78 Å². The highest BCUT2D eigenvalue weighted by Crippen LogP contribution is 2.22. The van der Waals surface area contributed by atoms with Crippen LogP contribution in [0.5, 0.6) is 5.75 Å². The van der Waals surface area contributed by atoms with Crippen LogP contribution in [0.2, 0.25) is 0 Å². The minimum atomic E-state index is -2.65. The molecule has 1 heterocycles. The van der Waals surface area contributed by atoms with Crippen molar-refractivity contribution in [3.8, 4) is 28.8 Å². The Hall–Kier alpha value is -2.35. The fraction of sp³-hybridized carbons (Fsp3) is 0.214. The fourth-order valence-corrected chi connectivity index (χ4v) is 1.58. The highest BCUT2D eigenvalue weighted by atomic mass is 19.3. The van der Waals surface area contributed by atoms with Crippen molar-refractivity contribution >= 4 is 0 Å². The van der Waals surface area contributed by atoms with Crippen molar-refractivity contribution in [2.24, 2.45) is 0 Å². The van der Waals surface area contributed by atoms with Crippen LogP contribution in [-0.4, -0.2) is 23.2 Å². The number of ether oxygens (including phenoxy) is 1. The summed E-state index contributed by atoms with van der Waals surface area (Å²) in [7, 11) is 0. The first-order chi connectivity index (χ1) is 9.19. The maximum Gasteiger partial charge on any atom is 0.299 e. The number of aromatic amines is 1. The van der Waals surface area contributed by atoms with Gasteiger partial charge in [0.2, 0.25) is 0 Å². The van der Waals surface area contributed by atoms with Crippen LogP contribution in [0.4, 0.5) is 8.78 Å². The van der Waals surface area contributed by atoms with Gasteiger partial charge < -0.3 is 4.74 Å². The average Bonchev–Trinajstić information content (AvgIpc) is 2.86. The van der Waals surface area contributed by atoms with Crippen LogP contribution in [0.25, 0.3) is 11.3 Å². The first-order valence-corrected chi connectivity index (χ1v) is 5.77. The van der Waals surface area contributed by atoms with E-state index in [0.717, 1.165) is 11.3 Å². The van der Waals surface area contributed by atoms with Crippen molar-refractivity contribution in [2.45, 2.75) is 13.3 Å². The Morgan fingerprint density at radius 3 is 2.95 bits per heavy atom. The number of nitrogens with zero attached hydrogens (tertiary/aromatic N) is 1. The first kappa shape index (κ1) is 13.1. The second-order valence-electron chi connectivity index (χ2n) is 3.70. The molecule has 0 aliphatic rings. The zero-order valence-electron chi connectivity index (χ0n) is 10.3. The average molecular weight is 262 g/mol. The highest BCUT2D eigenvalue weighted by Gasteiger charge is 2.04. The lowest BCUT2D eigenvalue weighted by atomic mass is 10.1. The first-order valence-electron chi connectivity index (χ1n) is 5.77. The predicted octanol–water partition coefficient (Wildman–Crippen LogP) is 3.09. The zero-order valence-corrected chi connectivity index (χ0v) is 10.3. The number of aromatic nitrogens is 2. The lowest BCUT2D eigenvalue weighted by Crippen LogP contribution is -1.91. The topological polar surface area (TPSA) is 37.9 Å². The lowest BCUT2D eigenvalue weighted by molar-refractivity contribution is 0.215. The predicted molar refractivity (Wildman–Crippen MR) is 68.1 cm³/mol. The third kappa shape index (κ3) is 3.55. The number of alkyl halides is 2. The van der Waals surface area contributed by atoms with Crippen LogP contribution >= 0.6 is 0 Å². The molecule has 19 heavy (non-hydrogen) atoms. The Morgan fingerprint density at radius 1 is 1.37 bits per heavy atom. The minimum absolute atomic E-state index is 0.358. The van der Waals surface area contributed by atoms with E-state index in [2.05, 4.69) is 16.1 Å². The molecule has 0 aliphatic heterocycles. The van der Waals surface area contributed by atoms with E-state index >= 15 is 0 Å². The molecule has 0 saturated heterocycles. The SMILES string of the molecule is CCOc1cccc(-c2cc(C#CC(F)F)[nH]n2)c1. The van der Waals surface area contributed by atoms with Crippen molar-refractivity contribution in [3.05, 3.63) is 36.0 Å². The van der Waals surface area contributed by atoms with Crippen LogP contribution in [0, 0.1) is 11.8 Å². The summed E-state index contributed by atoms with van der Waals surface area (Å²) in [5, 5.41) is 6.65. The minimum Gasteiger partial charge on any atom is -0.494 e. The second-order valence-corrected chi connectivity index (χ2v) is 3.70. The van der Waals surface area contributed by atoms with E-state index in [1.807, 2.05) is 31.2 Å². The van der Waals surface area contributed by atoms with Gasteiger partial charge >= 0.3 is 0 Å². The molecule has 3 nitrogen and oxygen atoms in total. The number of H-pyrrole nitrogens is 1. The van der Waals surface area contributed by atoms with Crippen LogP contribution in [0.1, 0.15) is 12.6 Å². The molecule has 1 aromatic heterocycles. The molecule has 1 N–H and O–H groups in total. The van der Waals surface area contributed by atoms with Crippen molar-refractivity contribution in [1.29, 1.82) is 0 Å². The summed E-state index contributed by atoms with van der Waals surface area (Å²) < 4.78 is 29.3. The van der Waals surface area contributed by atoms with Crippen molar-refractivity contribution in [1.82, 2.24) is 10.2 Å². The van der Waals surface area contributed by atoms with Gasteiger partial charge in [-0.3, -0.25) is 5.10 Å². The smallest absolute Gasteiger partial charge is 0.299 e. The third-order valence-electron chi connectivity index (χ3n) is 2.33. The molecule has 0 bridgehead atoms. The van der Waals surface area contributed by atoms with Gasteiger partial charge in [-0.25, -0.2) is 0 Å². The van der Waals surface area contributed by atoms with Gasteiger partial charge in [0, 0.05) is 5.56 Å².